The zero-order chi connectivity index (χ0) is 8.97. The van der Waals surface area contributed by atoms with E-state index in [-0.39, 0.29) is 0 Å². The predicted octanol–water partition coefficient (Wildman–Crippen LogP) is 1.83. The van der Waals surface area contributed by atoms with Crippen LogP contribution in [0, 0.1) is 13.8 Å². The van der Waals surface area contributed by atoms with E-state index in [1.807, 2.05) is 19.2 Å². The van der Waals surface area contributed by atoms with E-state index in [1.54, 1.807) is 0 Å². The van der Waals surface area contributed by atoms with Crippen LogP contribution in [0.4, 0.5) is 0 Å². The molecule has 1 aromatic rings. The minimum absolute atomic E-state index is 0.589. The van der Waals surface area contributed by atoms with Crippen LogP contribution in [0.1, 0.15) is 23.2 Å². The van der Waals surface area contributed by atoms with Crippen molar-refractivity contribution in [3.05, 3.63) is 29.1 Å². The van der Waals surface area contributed by atoms with Crippen molar-refractivity contribution in [1.82, 2.24) is 4.98 Å². The molecule has 0 bridgehead atoms. The fourth-order valence-corrected chi connectivity index (χ4v) is 1.20. The van der Waals surface area contributed by atoms with Crippen LogP contribution in [0.5, 0.6) is 0 Å². The Bertz CT molecular complexity index is 281. The molecule has 0 amide bonds. The summed E-state index contributed by atoms with van der Waals surface area (Å²) in [6, 6.07) is 2.04. The number of pyridine rings is 1. The van der Waals surface area contributed by atoms with Crippen molar-refractivity contribution in [3.8, 4) is 0 Å². The fourth-order valence-electron chi connectivity index (χ4n) is 1.20. The van der Waals surface area contributed by atoms with Crippen LogP contribution in [0.3, 0.4) is 0 Å². The van der Waals surface area contributed by atoms with Crippen molar-refractivity contribution in [2.24, 2.45) is 0 Å². The Morgan fingerprint density at radius 3 is 2.83 bits per heavy atom. The van der Waals surface area contributed by atoms with Crippen LogP contribution in [0.15, 0.2) is 12.3 Å². The van der Waals surface area contributed by atoms with Gasteiger partial charge < -0.3 is 4.79 Å². The molecule has 0 N–H and O–H groups in total. The summed E-state index contributed by atoms with van der Waals surface area (Å²) in [7, 11) is 0. The second-order valence-corrected chi connectivity index (χ2v) is 2.96. The van der Waals surface area contributed by atoms with Crippen LogP contribution in [0.25, 0.3) is 0 Å². The second kappa shape index (κ2) is 4.00. The van der Waals surface area contributed by atoms with Gasteiger partial charge in [-0.05, 0) is 37.5 Å². The minimum Gasteiger partial charge on any atom is -0.303 e. The summed E-state index contributed by atoms with van der Waals surface area (Å²) >= 11 is 0. The molecule has 0 radical (unpaired) electrons. The Morgan fingerprint density at radius 1 is 1.50 bits per heavy atom. The third-order valence-electron chi connectivity index (χ3n) is 1.89. The number of aldehydes is 1. The quantitative estimate of drug-likeness (QED) is 0.636. The molecule has 0 aliphatic heterocycles. The van der Waals surface area contributed by atoms with Gasteiger partial charge in [-0.1, -0.05) is 0 Å². The summed E-state index contributed by atoms with van der Waals surface area (Å²) in [5.74, 6) is 0. The molecule has 1 aromatic heterocycles. The highest BCUT2D eigenvalue weighted by Crippen LogP contribution is 2.09. The number of carbonyl (C=O) groups is 1. The van der Waals surface area contributed by atoms with E-state index < -0.39 is 0 Å². The highest BCUT2D eigenvalue weighted by Gasteiger charge is 1.98. The Morgan fingerprint density at radius 2 is 2.25 bits per heavy atom. The first-order valence-electron chi connectivity index (χ1n) is 4.10. The lowest BCUT2D eigenvalue weighted by molar-refractivity contribution is -0.107. The van der Waals surface area contributed by atoms with E-state index in [1.165, 1.54) is 11.1 Å². The second-order valence-electron chi connectivity index (χ2n) is 2.96. The van der Waals surface area contributed by atoms with Crippen LogP contribution in [-0.4, -0.2) is 11.3 Å². The van der Waals surface area contributed by atoms with Gasteiger partial charge in [0.05, 0.1) is 0 Å². The normalized spacial score (nSPS) is 9.83. The first-order chi connectivity index (χ1) is 5.74. The third kappa shape index (κ3) is 2.16. The van der Waals surface area contributed by atoms with Gasteiger partial charge in [0.15, 0.2) is 0 Å². The zero-order valence-electron chi connectivity index (χ0n) is 7.50. The van der Waals surface area contributed by atoms with Gasteiger partial charge >= 0.3 is 0 Å². The average molecular weight is 163 g/mol. The molecule has 2 heteroatoms. The smallest absolute Gasteiger partial charge is 0.120 e. The zero-order valence-corrected chi connectivity index (χ0v) is 7.50. The molecular formula is C10H13NO. The molecular weight excluding hydrogens is 150 g/mol. The largest absolute Gasteiger partial charge is 0.303 e. The Kier molecular flexibility index (Phi) is 2.97. The summed E-state index contributed by atoms with van der Waals surface area (Å²) in [5, 5.41) is 0. The van der Waals surface area contributed by atoms with Gasteiger partial charge in [-0.2, -0.15) is 0 Å². The van der Waals surface area contributed by atoms with E-state index in [4.69, 9.17) is 0 Å². The fraction of sp³-hybridized carbons (Fsp3) is 0.400. The lowest BCUT2D eigenvalue weighted by atomic mass is 10.1. The molecule has 1 heterocycles. The molecule has 1 rings (SSSR count). The van der Waals surface area contributed by atoms with Crippen molar-refractivity contribution in [2.45, 2.75) is 26.7 Å². The standard InChI is InChI=1S/C10H13NO/c1-8-6-9(2)11-7-10(8)4-3-5-12/h5-7H,3-4H2,1-2H3. The van der Waals surface area contributed by atoms with Crippen molar-refractivity contribution < 1.29 is 4.79 Å². The maximum atomic E-state index is 10.1. The number of hydrogen-bond donors (Lipinski definition) is 0. The molecule has 0 aliphatic carbocycles. The molecule has 0 unspecified atom stereocenters. The first kappa shape index (κ1) is 8.91. The SMILES string of the molecule is Cc1cc(C)c(CCC=O)cn1. The highest BCUT2D eigenvalue weighted by molar-refractivity contribution is 5.50. The molecule has 0 fully saturated rings. The molecule has 0 spiro atoms. The summed E-state index contributed by atoms with van der Waals surface area (Å²) in [4.78, 5) is 14.3. The highest BCUT2D eigenvalue weighted by atomic mass is 16.1. The molecule has 0 saturated carbocycles. The molecule has 64 valence electrons. The predicted molar refractivity (Wildman–Crippen MR) is 48.1 cm³/mol. The number of aromatic nitrogens is 1. The van der Waals surface area contributed by atoms with Gasteiger partial charge in [-0.15, -0.1) is 0 Å². The molecule has 0 aromatic carbocycles. The number of rotatable bonds is 3. The minimum atomic E-state index is 0.589. The van der Waals surface area contributed by atoms with Crippen LogP contribution in [-0.2, 0) is 11.2 Å². The Hall–Kier alpha value is -1.18. The van der Waals surface area contributed by atoms with E-state index in [2.05, 4.69) is 11.9 Å². The number of nitrogens with zero attached hydrogens (tertiary/aromatic N) is 1. The van der Waals surface area contributed by atoms with Gasteiger partial charge in [-0.3, -0.25) is 4.98 Å². The van der Waals surface area contributed by atoms with Gasteiger partial charge in [-0.25, -0.2) is 0 Å². The monoisotopic (exact) mass is 163 g/mol. The molecule has 2 nitrogen and oxygen atoms in total. The average Bonchev–Trinajstić information content (AvgIpc) is 2.03. The summed E-state index contributed by atoms with van der Waals surface area (Å²) in [5.41, 5.74) is 3.43. The van der Waals surface area contributed by atoms with E-state index in [0.29, 0.717) is 6.42 Å². The van der Waals surface area contributed by atoms with Crippen LogP contribution >= 0.6 is 0 Å². The number of hydrogen-bond acceptors (Lipinski definition) is 2. The number of aryl methyl sites for hydroxylation is 3. The van der Waals surface area contributed by atoms with Crippen LogP contribution in [0.2, 0.25) is 0 Å². The number of carbonyl (C=O) groups excluding carboxylic acids is 1. The van der Waals surface area contributed by atoms with Crippen molar-refractivity contribution >= 4 is 6.29 Å². The Balaban J connectivity index is 2.78. The summed E-state index contributed by atoms with van der Waals surface area (Å²) in [6.07, 6.45) is 4.20. The lowest BCUT2D eigenvalue weighted by Gasteiger charge is -2.02. The molecule has 0 saturated heterocycles. The Labute approximate surface area is 72.6 Å². The van der Waals surface area contributed by atoms with Gasteiger partial charge in [0.1, 0.15) is 6.29 Å². The van der Waals surface area contributed by atoms with E-state index in [9.17, 15) is 4.79 Å². The van der Waals surface area contributed by atoms with Crippen molar-refractivity contribution in [3.63, 3.8) is 0 Å². The van der Waals surface area contributed by atoms with Crippen LogP contribution < -0.4 is 0 Å². The van der Waals surface area contributed by atoms with Crippen molar-refractivity contribution in [2.75, 3.05) is 0 Å². The molecule has 12 heavy (non-hydrogen) atoms. The first-order valence-corrected chi connectivity index (χ1v) is 4.10. The van der Waals surface area contributed by atoms with Gasteiger partial charge in [0, 0.05) is 18.3 Å². The maximum Gasteiger partial charge on any atom is 0.120 e. The lowest BCUT2D eigenvalue weighted by Crippen LogP contribution is -1.93. The molecule has 0 aliphatic rings. The maximum absolute atomic E-state index is 10.1. The topological polar surface area (TPSA) is 30.0 Å². The van der Waals surface area contributed by atoms with Gasteiger partial charge in [0.2, 0.25) is 0 Å². The van der Waals surface area contributed by atoms with Gasteiger partial charge in [0.25, 0.3) is 0 Å². The summed E-state index contributed by atoms with van der Waals surface area (Å²) in [6.45, 7) is 4.02. The third-order valence-corrected chi connectivity index (χ3v) is 1.89. The molecule has 0 atom stereocenters. The van der Waals surface area contributed by atoms with E-state index >= 15 is 0 Å². The summed E-state index contributed by atoms with van der Waals surface area (Å²) < 4.78 is 0. The van der Waals surface area contributed by atoms with E-state index in [0.717, 1.165) is 18.4 Å². The van der Waals surface area contributed by atoms with Crippen molar-refractivity contribution in [1.29, 1.82) is 0 Å².